The van der Waals surface area contributed by atoms with Crippen molar-refractivity contribution in [3.05, 3.63) is 28.2 Å². The fourth-order valence-corrected chi connectivity index (χ4v) is 3.15. The summed E-state index contributed by atoms with van der Waals surface area (Å²) in [5.74, 6) is 0.422. The second-order valence-corrected chi connectivity index (χ2v) is 6.56. The lowest BCUT2D eigenvalue weighted by molar-refractivity contribution is -0.131. The highest BCUT2D eigenvalue weighted by Crippen LogP contribution is 2.25. The number of rotatable bonds is 6. The maximum Gasteiger partial charge on any atom is 0.223 e. The van der Waals surface area contributed by atoms with Crippen LogP contribution < -0.4 is 5.73 Å². The van der Waals surface area contributed by atoms with Crippen molar-refractivity contribution in [1.82, 2.24) is 4.90 Å². The molecule has 0 aliphatic carbocycles. The van der Waals surface area contributed by atoms with Gasteiger partial charge in [-0.15, -0.1) is 10.2 Å². The number of nitrogens with two attached hydrogens (primary N) is 1. The number of hydrogen-bond acceptors (Lipinski definition) is 3. The van der Waals surface area contributed by atoms with Crippen molar-refractivity contribution in [3.8, 4) is 0 Å². The molecule has 0 saturated carbocycles. The number of benzene rings is 1. The molecule has 24 heavy (non-hydrogen) atoms. The first-order chi connectivity index (χ1) is 11.5. The Morgan fingerprint density at radius 3 is 2.71 bits per heavy atom. The molecular weight excluding hydrogens is 349 g/mol. The van der Waals surface area contributed by atoms with Gasteiger partial charge >= 0.3 is 0 Å². The first-order valence-electron chi connectivity index (χ1n) is 8.01. The zero-order valence-electron chi connectivity index (χ0n) is 13.6. The molecule has 1 amide bonds. The van der Waals surface area contributed by atoms with Crippen LogP contribution in [0.25, 0.3) is 0 Å². The summed E-state index contributed by atoms with van der Waals surface area (Å²) in [7, 11) is 0. The Labute approximate surface area is 151 Å². The minimum atomic E-state index is -0.198. The van der Waals surface area contributed by atoms with Crippen LogP contribution in [0.4, 0.5) is 5.69 Å². The summed E-state index contributed by atoms with van der Waals surface area (Å²) in [5, 5.41) is 12.6. The molecule has 6 nitrogen and oxygen atoms in total. The topological polar surface area (TPSA) is 83.4 Å². The van der Waals surface area contributed by atoms with E-state index in [0.717, 1.165) is 25.7 Å². The Bertz CT molecular complexity index is 627. The molecule has 1 heterocycles. The zero-order chi connectivity index (χ0) is 17.5. The average molecular weight is 370 g/mol. The summed E-state index contributed by atoms with van der Waals surface area (Å²) >= 11 is 11.8. The SMILES string of the molecule is CCCCC(=O)N1CCCC1C(N)=NN=Nc1cc(Cl)cc(Cl)c1. The summed E-state index contributed by atoms with van der Waals surface area (Å²) in [6.45, 7) is 2.78. The first kappa shape index (κ1) is 18.7. The van der Waals surface area contributed by atoms with E-state index in [2.05, 4.69) is 22.4 Å². The van der Waals surface area contributed by atoms with E-state index in [4.69, 9.17) is 28.9 Å². The largest absolute Gasteiger partial charge is 0.384 e. The standard InChI is InChI=1S/C16H21Cl2N5O/c1-2-3-6-15(24)23-7-4-5-14(23)16(19)21-22-20-13-9-11(17)8-12(18)10-13/h8-10,14H,2-7H2,1H3,(H2,19,20,21). The summed E-state index contributed by atoms with van der Waals surface area (Å²) in [5.41, 5.74) is 6.50. The number of hydrogen-bond donors (Lipinski definition) is 1. The van der Waals surface area contributed by atoms with Crippen molar-refractivity contribution in [1.29, 1.82) is 0 Å². The quantitative estimate of drug-likeness (QED) is 0.345. The minimum absolute atomic E-state index is 0.121. The average Bonchev–Trinajstić information content (AvgIpc) is 3.01. The van der Waals surface area contributed by atoms with Crippen LogP contribution in [0.5, 0.6) is 0 Å². The zero-order valence-corrected chi connectivity index (χ0v) is 15.1. The Morgan fingerprint density at radius 1 is 1.33 bits per heavy atom. The summed E-state index contributed by atoms with van der Waals surface area (Å²) < 4.78 is 0. The van der Waals surface area contributed by atoms with E-state index in [1.165, 1.54) is 0 Å². The fraction of sp³-hybridized carbons (Fsp3) is 0.500. The molecule has 1 aromatic rings. The normalized spacial score (nSPS) is 18.5. The molecule has 1 aliphatic rings. The van der Waals surface area contributed by atoms with Gasteiger partial charge in [0, 0.05) is 23.0 Å². The van der Waals surface area contributed by atoms with Crippen LogP contribution in [-0.4, -0.2) is 29.2 Å². The van der Waals surface area contributed by atoms with Gasteiger partial charge < -0.3 is 10.6 Å². The van der Waals surface area contributed by atoms with E-state index in [1.807, 2.05) is 0 Å². The molecule has 1 atom stereocenters. The van der Waals surface area contributed by atoms with E-state index in [-0.39, 0.29) is 11.9 Å². The lowest BCUT2D eigenvalue weighted by atomic mass is 10.2. The Hall–Kier alpha value is -1.66. The van der Waals surface area contributed by atoms with Gasteiger partial charge in [0.05, 0.1) is 11.7 Å². The van der Waals surface area contributed by atoms with Crippen molar-refractivity contribution in [2.75, 3.05) is 6.54 Å². The number of nitrogens with zero attached hydrogens (tertiary/aromatic N) is 4. The van der Waals surface area contributed by atoms with Gasteiger partial charge in [0.2, 0.25) is 5.91 Å². The van der Waals surface area contributed by atoms with Crippen LogP contribution in [0.2, 0.25) is 10.0 Å². The molecule has 8 heteroatoms. The van der Waals surface area contributed by atoms with Crippen molar-refractivity contribution >= 4 is 40.6 Å². The molecule has 1 fully saturated rings. The predicted molar refractivity (Wildman–Crippen MR) is 96.9 cm³/mol. The fourth-order valence-electron chi connectivity index (χ4n) is 2.63. The number of carbonyl (C=O) groups excluding carboxylic acids is 1. The van der Waals surface area contributed by atoms with Crippen molar-refractivity contribution in [2.24, 2.45) is 21.2 Å². The molecule has 0 aromatic heterocycles. The van der Waals surface area contributed by atoms with Crippen LogP contribution in [0.3, 0.4) is 0 Å². The molecule has 1 unspecified atom stereocenters. The van der Waals surface area contributed by atoms with Gasteiger partial charge in [0.25, 0.3) is 0 Å². The maximum absolute atomic E-state index is 12.2. The van der Waals surface area contributed by atoms with E-state index in [9.17, 15) is 4.79 Å². The predicted octanol–water partition coefficient (Wildman–Crippen LogP) is 4.53. The second-order valence-electron chi connectivity index (χ2n) is 5.69. The van der Waals surface area contributed by atoms with Gasteiger partial charge in [0.15, 0.2) is 0 Å². The molecule has 130 valence electrons. The molecule has 0 spiro atoms. The molecule has 1 aliphatic heterocycles. The van der Waals surface area contributed by atoms with Crippen molar-refractivity contribution in [3.63, 3.8) is 0 Å². The Morgan fingerprint density at radius 2 is 2.04 bits per heavy atom. The van der Waals surface area contributed by atoms with Crippen molar-refractivity contribution < 1.29 is 4.79 Å². The number of amides is 1. The maximum atomic E-state index is 12.2. The highest BCUT2D eigenvalue weighted by molar-refractivity contribution is 6.35. The van der Waals surface area contributed by atoms with Gasteiger partial charge in [0.1, 0.15) is 5.84 Å². The molecule has 1 aromatic carbocycles. The summed E-state index contributed by atoms with van der Waals surface area (Å²) in [4.78, 5) is 14.0. The highest BCUT2D eigenvalue weighted by atomic mass is 35.5. The van der Waals surface area contributed by atoms with E-state index >= 15 is 0 Å². The van der Waals surface area contributed by atoms with Crippen LogP contribution in [0.1, 0.15) is 39.0 Å². The number of likely N-dealkylation sites (tertiary alicyclic amines) is 1. The first-order valence-corrected chi connectivity index (χ1v) is 8.76. The van der Waals surface area contributed by atoms with E-state index in [0.29, 0.717) is 34.5 Å². The third-order valence-electron chi connectivity index (χ3n) is 3.83. The molecule has 0 radical (unpaired) electrons. The van der Waals surface area contributed by atoms with Crippen LogP contribution in [0.15, 0.2) is 33.6 Å². The van der Waals surface area contributed by atoms with E-state index in [1.54, 1.807) is 23.1 Å². The number of unbranched alkanes of at least 4 members (excludes halogenated alkanes) is 1. The van der Waals surface area contributed by atoms with Gasteiger partial charge in [-0.2, -0.15) is 0 Å². The smallest absolute Gasteiger partial charge is 0.223 e. The number of amidine groups is 1. The number of halogens is 2. The van der Waals surface area contributed by atoms with Gasteiger partial charge in [-0.1, -0.05) is 36.5 Å². The molecular formula is C16H21Cl2N5O. The lowest BCUT2D eigenvalue weighted by Gasteiger charge is -2.23. The molecule has 1 saturated heterocycles. The van der Waals surface area contributed by atoms with Crippen molar-refractivity contribution in [2.45, 2.75) is 45.1 Å². The lowest BCUT2D eigenvalue weighted by Crippen LogP contribution is -2.43. The summed E-state index contributed by atoms with van der Waals surface area (Å²) in [6.07, 6.45) is 4.13. The summed E-state index contributed by atoms with van der Waals surface area (Å²) in [6, 6.07) is 4.66. The minimum Gasteiger partial charge on any atom is -0.384 e. The van der Waals surface area contributed by atoms with Gasteiger partial charge in [-0.05, 0) is 42.7 Å². The Kier molecular flexibility index (Phi) is 6.99. The van der Waals surface area contributed by atoms with Gasteiger partial charge in [-0.3, -0.25) is 4.79 Å². The second kappa shape index (κ2) is 8.99. The van der Waals surface area contributed by atoms with Crippen LogP contribution in [0, 0.1) is 0 Å². The molecule has 2 rings (SSSR count). The molecule has 0 bridgehead atoms. The van der Waals surface area contributed by atoms with Crippen LogP contribution in [-0.2, 0) is 4.79 Å². The van der Waals surface area contributed by atoms with Crippen LogP contribution >= 0.6 is 23.2 Å². The monoisotopic (exact) mass is 369 g/mol. The third-order valence-corrected chi connectivity index (χ3v) is 4.26. The highest BCUT2D eigenvalue weighted by Gasteiger charge is 2.31. The molecule has 2 N–H and O–H groups in total. The number of carbonyl (C=O) groups is 1. The van der Waals surface area contributed by atoms with Gasteiger partial charge in [-0.25, -0.2) is 0 Å². The third kappa shape index (κ3) is 5.18. The Balaban J connectivity index is 2.03. The van der Waals surface area contributed by atoms with E-state index < -0.39 is 0 Å².